The Kier molecular flexibility index (Phi) is 6.29. The summed E-state index contributed by atoms with van der Waals surface area (Å²) in [5, 5.41) is 5.99. The highest BCUT2D eigenvalue weighted by atomic mass is 16.2. The average Bonchev–Trinajstić information content (AvgIpc) is 3.24. The number of rotatable bonds is 7. The minimum atomic E-state index is -0.118. The molecule has 8 nitrogen and oxygen atoms in total. The largest absolute Gasteiger partial charge is 0.349 e. The second kappa shape index (κ2) is 9.67. The molecular formula is C26H29N5O3. The zero-order chi connectivity index (χ0) is 23.5. The molecular weight excluding hydrogens is 430 g/mol. The van der Waals surface area contributed by atoms with Crippen LogP contribution >= 0.6 is 0 Å². The van der Waals surface area contributed by atoms with Crippen LogP contribution in [0.2, 0.25) is 0 Å². The molecule has 1 aliphatic heterocycles. The summed E-state index contributed by atoms with van der Waals surface area (Å²) in [6.07, 6.45) is 9.75. The molecule has 1 aliphatic carbocycles. The van der Waals surface area contributed by atoms with Gasteiger partial charge in [-0.15, -0.1) is 0 Å². The summed E-state index contributed by atoms with van der Waals surface area (Å²) in [5.74, 6) is -0.0398. The Morgan fingerprint density at radius 1 is 1.06 bits per heavy atom. The van der Waals surface area contributed by atoms with Crippen molar-refractivity contribution in [3.63, 3.8) is 0 Å². The number of likely N-dealkylation sites (tertiary alicyclic amines) is 1. The number of aromatic nitrogens is 2. The number of amides is 3. The van der Waals surface area contributed by atoms with E-state index in [-0.39, 0.29) is 24.1 Å². The van der Waals surface area contributed by atoms with E-state index in [0.717, 1.165) is 49.1 Å². The lowest BCUT2D eigenvalue weighted by atomic mass is 9.93. The number of piperidine rings is 1. The summed E-state index contributed by atoms with van der Waals surface area (Å²) >= 11 is 0. The monoisotopic (exact) mass is 459 g/mol. The minimum Gasteiger partial charge on any atom is -0.349 e. The van der Waals surface area contributed by atoms with Gasteiger partial charge < -0.3 is 19.9 Å². The summed E-state index contributed by atoms with van der Waals surface area (Å²) in [5.41, 5.74) is 3.66. The number of anilines is 1. The van der Waals surface area contributed by atoms with Crippen molar-refractivity contribution < 1.29 is 14.4 Å². The van der Waals surface area contributed by atoms with Crippen LogP contribution in [0, 0.1) is 0 Å². The maximum atomic E-state index is 12.5. The van der Waals surface area contributed by atoms with Gasteiger partial charge in [0.25, 0.3) is 5.91 Å². The topological polar surface area (TPSA) is 95.8 Å². The van der Waals surface area contributed by atoms with Crippen molar-refractivity contribution in [3.05, 3.63) is 54.4 Å². The zero-order valence-corrected chi connectivity index (χ0v) is 19.1. The number of hydrogen-bond donors (Lipinski definition) is 2. The number of benzene rings is 1. The summed E-state index contributed by atoms with van der Waals surface area (Å²) in [4.78, 5) is 43.3. The van der Waals surface area contributed by atoms with Gasteiger partial charge in [-0.25, -0.2) is 4.98 Å². The van der Waals surface area contributed by atoms with Crippen LogP contribution in [0.25, 0.3) is 16.9 Å². The van der Waals surface area contributed by atoms with Crippen LogP contribution in [0.4, 0.5) is 5.69 Å². The Morgan fingerprint density at radius 2 is 1.94 bits per heavy atom. The molecule has 1 aromatic carbocycles. The van der Waals surface area contributed by atoms with Crippen LogP contribution in [0.1, 0.15) is 55.3 Å². The number of fused-ring (bicyclic) bond motifs is 1. The minimum absolute atomic E-state index is 0.0576. The van der Waals surface area contributed by atoms with Gasteiger partial charge in [0.15, 0.2) is 0 Å². The van der Waals surface area contributed by atoms with E-state index in [1.807, 2.05) is 40.9 Å². The van der Waals surface area contributed by atoms with Crippen molar-refractivity contribution >= 4 is 29.1 Å². The number of pyridine rings is 1. The molecule has 8 heteroatoms. The lowest BCUT2D eigenvalue weighted by Gasteiger charge is -2.26. The fraction of sp³-hybridized carbons (Fsp3) is 0.385. The molecule has 2 N–H and O–H groups in total. The van der Waals surface area contributed by atoms with Gasteiger partial charge in [0.1, 0.15) is 5.65 Å². The molecule has 0 bridgehead atoms. The van der Waals surface area contributed by atoms with Gasteiger partial charge in [-0.3, -0.25) is 14.4 Å². The predicted molar refractivity (Wildman–Crippen MR) is 129 cm³/mol. The van der Waals surface area contributed by atoms with E-state index in [0.29, 0.717) is 30.3 Å². The van der Waals surface area contributed by atoms with E-state index < -0.39 is 0 Å². The zero-order valence-electron chi connectivity index (χ0n) is 19.1. The van der Waals surface area contributed by atoms with Crippen molar-refractivity contribution in [2.45, 2.75) is 51.0 Å². The number of carbonyl (C=O) groups excluding carboxylic acids is 3. The maximum Gasteiger partial charge on any atom is 0.252 e. The van der Waals surface area contributed by atoms with E-state index in [1.54, 1.807) is 17.2 Å². The van der Waals surface area contributed by atoms with Crippen LogP contribution in [0.15, 0.2) is 48.8 Å². The van der Waals surface area contributed by atoms with Crippen LogP contribution in [-0.4, -0.2) is 51.1 Å². The average molecular weight is 460 g/mol. The summed E-state index contributed by atoms with van der Waals surface area (Å²) in [6, 6.07) is 11.5. The SMILES string of the molecule is O=C(CCN1CCCCC1=O)Nc1cccc(-c2cn3cc(C(=O)NC4CCC4)ccc3n2)c1. The molecule has 1 saturated carbocycles. The second-order valence-corrected chi connectivity index (χ2v) is 9.13. The first-order chi connectivity index (χ1) is 16.5. The van der Waals surface area contributed by atoms with Crippen molar-refractivity contribution in [3.8, 4) is 11.3 Å². The van der Waals surface area contributed by atoms with Gasteiger partial charge in [-0.05, 0) is 56.4 Å². The molecule has 5 rings (SSSR count). The fourth-order valence-electron chi connectivity index (χ4n) is 4.40. The predicted octanol–water partition coefficient (Wildman–Crippen LogP) is 3.62. The highest BCUT2D eigenvalue weighted by Crippen LogP contribution is 2.24. The molecule has 0 spiro atoms. The number of imidazole rings is 1. The molecule has 3 heterocycles. The lowest BCUT2D eigenvalue weighted by Crippen LogP contribution is -2.39. The van der Waals surface area contributed by atoms with Crippen molar-refractivity contribution in [2.24, 2.45) is 0 Å². The van der Waals surface area contributed by atoms with E-state index in [4.69, 9.17) is 0 Å². The molecule has 3 aromatic rings. The first-order valence-electron chi connectivity index (χ1n) is 12.0. The molecule has 0 radical (unpaired) electrons. The van der Waals surface area contributed by atoms with Crippen LogP contribution in [0.3, 0.4) is 0 Å². The highest BCUT2D eigenvalue weighted by molar-refractivity contribution is 5.94. The number of nitrogens with zero attached hydrogens (tertiary/aromatic N) is 3. The first-order valence-corrected chi connectivity index (χ1v) is 12.0. The van der Waals surface area contributed by atoms with Crippen LogP contribution < -0.4 is 10.6 Å². The van der Waals surface area contributed by atoms with Gasteiger partial charge in [-0.2, -0.15) is 0 Å². The molecule has 2 fully saturated rings. The van der Waals surface area contributed by atoms with Gasteiger partial charge in [-0.1, -0.05) is 12.1 Å². The van der Waals surface area contributed by atoms with E-state index in [9.17, 15) is 14.4 Å². The maximum absolute atomic E-state index is 12.5. The number of carbonyl (C=O) groups is 3. The number of hydrogen-bond acceptors (Lipinski definition) is 4. The third-order valence-electron chi connectivity index (χ3n) is 6.63. The standard InChI is InChI=1S/C26H29N5O3/c32-24(12-14-30-13-2-1-9-25(30)33)27-21-8-3-5-18(15-21)22-17-31-16-19(10-11-23(31)29-22)26(34)28-20-6-4-7-20/h3,5,8,10-11,15-17,20H,1-2,4,6-7,9,12-14H2,(H,27,32)(H,28,34). The van der Waals surface area contributed by atoms with Gasteiger partial charge >= 0.3 is 0 Å². The van der Waals surface area contributed by atoms with Crippen molar-refractivity contribution in [2.75, 3.05) is 18.4 Å². The van der Waals surface area contributed by atoms with E-state index >= 15 is 0 Å². The van der Waals surface area contributed by atoms with Gasteiger partial charge in [0.05, 0.1) is 11.3 Å². The molecule has 0 unspecified atom stereocenters. The summed E-state index contributed by atoms with van der Waals surface area (Å²) in [6.45, 7) is 1.19. The van der Waals surface area contributed by atoms with Gasteiger partial charge in [0.2, 0.25) is 11.8 Å². The Hall–Kier alpha value is -3.68. The second-order valence-electron chi connectivity index (χ2n) is 9.13. The first kappa shape index (κ1) is 22.1. The molecule has 34 heavy (non-hydrogen) atoms. The van der Waals surface area contributed by atoms with E-state index in [2.05, 4.69) is 15.6 Å². The molecule has 1 saturated heterocycles. The van der Waals surface area contributed by atoms with Gasteiger partial charge in [0, 0.05) is 55.6 Å². The Labute approximate surface area is 198 Å². The smallest absolute Gasteiger partial charge is 0.252 e. The Morgan fingerprint density at radius 3 is 2.74 bits per heavy atom. The highest BCUT2D eigenvalue weighted by Gasteiger charge is 2.21. The quantitative estimate of drug-likeness (QED) is 0.564. The van der Waals surface area contributed by atoms with E-state index in [1.165, 1.54) is 6.42 Å². The summed E-state index contributed by atoms with van der Waals surface area (Å²) in [7, 11) is 0. The van der Waals surface area contributed by atoms with Crippen LogP contribution in [-0.2, 0) is 9.59 Å². The fourth-order valence-corrected chi connectivity index (χ4v) is 4.40. The molecule has 2 aromatic heterocycles. The number of nitrogens with one attached hydrogen (secondary N) is 2. The molecule has 0 atom stereocenters. The lowest BCUT2D eigenvalue weighted by molar-refractivity contribution is -0.133. The molecule has 3 amide bonds. The molecule has 2 aliphatic rings. The Balaban J connectivity index is 1.24. The normalized spacial score (nSPS) is 16.4. The van der Waals surface area contributed by atoms with Crippen LogP contribution in [0.5, 0.6) is 0 Å². The van der Waals surface area contributed by atoms with Crippen molar-refractivity contribution in [1.29, 1.82) is 0 Å². The molecule has 176 valence electrons. The third-order valence-corrected chi connectivity index (χ3v) is 6.63. The third kappa shape index (κ3) is 4.95. The Bertz CT molecular complexity index is 1230. The van der Waals surface area contributed by atoms with Crippen molar-refractivity contribution in [1.82, 2.24) is 19.6 Å². The summed E-state index contributed by atoms with van der Waals surface area (Å²) < 4.78 is 1.85.